The lowest BCUT2D eigenvalue weighted by Crippen LogP contribution is -2.33. The van der Waals surface area contributed by atoms with Crippen LogP contribution in [0.4, 0.5) is 13.2 Å². The van der Waals surface area contributed by atoms with Gasteiger partial charge in [0.2, 0.25) is 0 Å². The monoisotopic (exact) mass is 690 g/mol. The highest BCUT2D eigenvalue weighted by Crippen LogP contribution is 2.30. The van der Waals surface area contributed by atoms with Crippen LogP contribution in [0.3, 0.4) is 0 Å². The number of fused-ring (bicyclic) bond motifs is 1. The number of rotatable bonds is 20. The molecule has 5 nitrogen and oxygen atoms in total. The van der Waals surface area contributed by atoms with E-state index in [9.17, 15) is 22.8 Å². The van der Waals surface area contributed by atoms with E-state index in [4.69, 9.17) is 14.2 Å². The summed E-state index contributed by atoms with van der Waals surface area (Å²) < 4.78 is 57.3. The quantitative estimate of drug-likeness (QED) is 0.0525. The molecule has 4 aromatic carbocycles. The van der Waals surface area contributed by atoms with Crippen molar-refractivity contribution < 1.29 is 37.0 Å². The molecular weight excluding hydrogens is 641 g/mol. The van der Waals surface area contributed by atoms with Crippen LogP contribution in [0.1, 0.15) is 118 Å². The maximum atomic E-state index is 13.6. The Kier molecular flexibility index (Phi) is 15.2. The molecule has 0 N–H and O–H groups in total. The van der Waals surface area contributed by atoms with Gasteiger partial charge in [0, 0.05) is 0 Å². The number of hydrogen-bond acceptors (Lipinski definition) is 5. The Morgan fingerprint density at radius 2 is 1.10 bits per heavy atom. The Labute approximate surface area is 294 Å². The molecule has 4 rings (SSSR count). The highest BCUT2D eigenvalue weighted by molar-refractivity contribution is 5.96. The Bertz CT molecular complexity index is 1630. The number of esters is 2. The van der Waals surface area contributed by atoms with E-state index < -0.39 is 24.2 Å². The molecule has 8 heteroatoms. The van der Waals surface area contributed by atoms with Gasteiger partial charge in [-0.25, -0.2) is 9.59 Å². The van der Waals surface area contributed by atoms with Crippen LogP contribution in [0, 0.1) is 0 Å². The van der Waals surface area contributed by atoms with Gasteiger partial charge in [-0.05, 0) is 89.7 Å². The first-order chi connectivity index (χ1) is 24.2. The van der Waals surface area contributed by atoms with Crippen molar-refractivity contribution in [3.63, 3.8) is 0 Å². The minimum absolute atomic E-state index is 0.0230. The lowest BCUT2D eigenvalue weighted by atomic mass is 10.0. The summed E-state index contributed by atoms with van der Waals surface area (Å²) in [6, 6.07) is 24.4. The van der Waals surface area contributed by atoms with Crippen molar-refractivity contribution in [3.8, 4) is 22.6 Å². The molecule has 0 heterocycles. The van der Waals surface area contributed by atoms with Crippen molar-refractivity contribution in [3.05, 3.63) is 96.1 Å². The second kappa shape index (κ2) is 19.8. The number of alkyl halides is 3. The van der Waals surface area contributed by atoms with Gasteiger partial charge in [0.25, 0.3) is 0 Å². The number of carbonyl (C=O) groups is 2. The van der Waals surface area contributed by atoms with Crippen molar-refractivity contribution in [2.75, 3.05) is 6.61 Å². The third-order valence-corrected chi connectivity index (χ3v) is 8.77. The average molecular weight is 691 g/mol. The minimum Gasteiger partial charge on any atom is -0.494 e. The maximum absolute atomic E-state index is 13.6. The van der Waals surface area contributed by atoms with E-state index in [0.29, 0.717) is 41.5 Å². The van der Waals surface area contributed by atoms with Crippen molar-refractivity contribution in [2.45, 2.75) is 110 Å². The first-order valence-electron chi connectivity index (χ1n) is 18.0. The summed E-state index contributed by atoms with van der Waals surface area (Å²) in [5.41, 5.74) is 2.36. The first kappa shape index (κ1) is 38.5. The molecule has 0 aliphatic heterocycles. The van der Waals surface area contributed by atoms with Crippen LogP contribution in [0.25, 0.3) is 21.9 Å². The number of ether oxygens (including phenoxy) is 3. The Hall–Kier alpha value is -4.33. The van der Waals surface area contributed by atoms with E-state index in [1.54, 1.807) is 36.4 Å². The van der Waals surface area contributed by atoms with E-state index in [-0.39, 0.29) is 12.0 Å². The van der Waals surface area contributed by atoms with Crippen LogP contribution in [0.2, 0.25) is 0 Å². The molecule has 0 radical (unpaired) electrons. The molecule has 1 unspecified atom stereocenters. The van der Waals surface area contributed by atoms with Crippen molar-refractivity contribution in [1.82, 2.24) is 0 Å². The lowest BCUT2D eigenvalue weighted by Gasteiger charge is -2.21. The molecule has 0 bridgehead atoms. The number of hydrogen-bond donors (Lipinski definition) is 0. The van der Waals surface area contributed by atoms with E-state index in [2.05, 4.69) is 13.8 Å². The van der Waals surface area contributed by atoms with Gasteiger partial charge in [0.05, 0.1) is 17.7 Å². The van der Waals surface area contributed by atoms with Gasteiger partial charge in [0.1, 0.15) is 11.5 Å². The second-order valence-corrected chi connectivity index (χ2v) is 12.8. The molecule has 0 aliphatic rings. The van der Waals surface area contributed by atoms with Gasteiger partial charge >= 0.3 is 18.1 Å². The van der Waals surface area contributed by atoms with Crippen molar-refractivity contribution in [2.24, 2.45) is 0 Å². The van der Waals surface area contributed by atoms with Gasteiger partial charge in [0.15, 0.2) is 6.10 Å². The molecule has 1 atom stereocenters. The first-order valence-corrected chi connectivity index (χ1v) is 18.0. The smallest absolute Gasteiger partial charge is 0.425 e. The zero-order valence-corrected chi connectivity index (χ0v) is 29.2. The van der Waals surface area contributed by atoms with Crippen LogP contribution in [-0.2, 0) is 4.74 Å². The number of halogens is 3. The average Bonchev–Trinajstić information content (AvgIpc) is 3.11. The van der Waals surface area contributed by atoms with Crippen molar-refractivity contribution >= 4 is 22.7 Å². The van der Waals surface area contributed by atoms with Gasteiger partial charge in [-0.3, -0.25) is 0 Å². The van der Waals surface area contributed by atoms with Gasteiger partial charge in [-0.15, -0.1) is 0 Å². The molecule has 0 saturated heterocycles. The largest absolute Gasteiger partial charge is 0.494 e. The van der Waals surface area contributed by atoms with E-state index in [1.165, 1.54) is 44.2 Å². The zero-order valence-electron chi connectivity index (χ0n) is 29.2. The third kappa shape index (κ3) is 12.2. The third-order valence-electron chi connectivity index (χ3n) is 8.77. The van der Waals surface area contributed by atoms with E-state index in [1.807, 2.05) is 36.4 Å². The molecule has 0 amide bonds. The topological polar surface area (TPSA) is 61.8 Å². The Balaban J connectivity index is 1.29. The summed E-state index contributed by atoms with van der Waals surface area (Å²) >= 11 is 0. The molecule has 0 fully saturated rings. The van der Waals surface area contributed by atoms with Crippen LogP contribution in [-0.4, -0.2) is 30.8 Å². The lowest BCUT2D eigenvalue weighted by molar-refractivity contribution is -0.206. The summed E-state index contributed by atoms with van der Waals surface area (Å²) in [4.78, 5) is 25.6. The van der Waals surface area contributed by atoms with E-state index in [0.717, 1.165) is 49.0 Å². The SMILES string of the molecule is CCCCCCCCOc1ccc(-c2ccc(C(=O)Oc3ccc4cc(C(=O)OC(CCCCCCCC)C(F)(F)F)ccc4c3)cc2)cc1. The Morgan fingerprint density at radius 3 is 1.74 bits per heavy atom. The standard InChI is InChI=1S/C42H49F3O5/c1-3-5-7-9-11-13-15-39(42(43,44)45)50-41(47)36-21-20-35-30-38(27-24-34(35)29-36)49-40(46)33-18-16-31(17-19-33)32-22-25-37(26-23-32)48-28-14-12-10-8-6-4-2/h16-27,29-30,39H,3-15,28H2,1-2H3. The van der Waals surface area contributed by atoms with Gasteiger partial charge in [-0.2, -0.15) is 13.2 Å². The summed E-state index contributed by atoms with van der Waals surface area (Å²) in [6.07, 6.45) is 5.25. The predicted octanol–water partition coefficient (Wildman–Crippen LogP) is 12.3. The fourth-order valence-electron chi connectivity index (χ4n) is 5.79. The number of carbonyl (C=O) groups excluding carboxylic acids is 2. The highest BCUT2D eigenvalue weighted by Gasteiger charge is 2.42. The molecule has 4 aromatic rings. The number of benzene rings is 4. The van der Waals surface area contributed by atoms with Crippen LogP contribution < -0.4 is 9.47 Å². The predicted molar refractivity (Wildman–Crippen MR) is 193 cm³/mol. The molecule has 0 aromatic heterocycles. The Morgan fingerprint density at radius 1 is 0.580 bits per heavy atom. The number of unbranched alkanes of at least 4 members (excludes halogenated alkanes) is 10. The molecule has 0 saturated carbocycles. The fourth-order valence-corrected chi connectivity index (χ4v) is 5.79. The minimum atomic E-state index is -4.64. The molecule has 50 heavy (non-hydrogen) atoms. The van der Waals surface area contributed by atoms with E-state index >= 15 is 0 Å². The van der Waals surface area contributed by atoms with Crippen LogP contribution in [0.5, 0.6) is 11.5 Å². The fraction of sp³-hybridized carbons (Fsp3) is 0.429. The van der Waals surface area contributed by atoms with Crippen molar-refractivity contribution in [1.29, 1.82) is 0 Å². The second-order valence-electron chi connectivity index (χ2n) is 12.8. The van der Waals surface area contributed by atoms with Gasteiger partial charge in [-0.1, -0.05) is 114 Å². The highest BCUT2D eigenvalue weighted by atomic mass is 19.4. The summed E-state index contributed by atoms with van der Waals surface area (Å²) in [7, 11) is 0. The zero-order chi connectivity index (χ0) is 35.8. The maximum Gasteiger partial charge on any atom is 0.425 e. The molecule has 268 valence electrons. The summed E-state index contributed by atoms with van der Waals surface area (Å²) in [5.74, 6) is -0.414. The summed E-state index contributed by atoms with van der Waals surface area (Å²) in [6.45, 7) is 5.00. The molecule has 0 aliphatic carbocycles. The van der Waals surface area contributed by atoms with Crippen LogP contribution >= 0.6 is 0 Å². The normalized spacial score (nSPS) is 12.1. The molecule has 0 spiro atoms. The molecular formula is C42H49F3O5. The van der Waals surface area contributed by atoms with Gasteiger partial charge < -0.3 is 14.2 Å². The summed E-state index contributed by atoms with van der Waals surface area (Å²) in [5, 5.41) is 1.25. The van der Waals surface area contributed by atoms with Crippen LogP contribution in [0.15, 0.2) is 84.9 Å².